The molecule has 4 rings (SSSR count). The third kappa shape index (κ3) is 4.20. The molecule has 1 aliphatic rings. The molecule has 1 fully saturated rings. The van der Waals surface area contributed by atoms with E-state index in [4.69, 9.17) is 9.47 Å². The van der Waals surface area contributed by atoms with Crippen molar-refractivity contribution in [3.8, 4) is 11.9 Å². The summed E-state index contributed by atoms with van der Waals surface area (Å²) in [6, 6.07) is 9.86. The Balaban J connectivity index is 1.52. The van der Waals surface area contributed by atoms with Gasteiger partial charge < -0.3 is 20.1 Å². The number of hydrogen-bond acceptors (Lipinski definition) is 8. The molecular weight excluding hydrogens is 424 g/mol. The Morgan fingerprint density at radius 3 is 3.07 bits per heavy atom. The van der Waals surface area contributed by atoms with Crippen molar-refractivity contribution in [3.05, 3.63) is 46.8 Å². The quantitative estimate of drug-likeness (QED) is 0.623. The third-order valence-corrected chi connectivity index (χ3v) is 4.92. The summed E-state index contributed by atoms with van der Waals surface area (Å²) in [5.41, 5.74) is 0.129. The summed E-state index contributed by atoms with van der Waals surface area (Å²) >= 11 is 3.52. The Bertz CT molecular complexity index is 1030. The fraction of sp³-hybridized carbons (Fsp3) is 0.263. The van der Waals surface area contributed by atoms with E-state index in [9.17, 15) is 5.26 Å². The molecule has 3 aromatic rings. The SMILES string of the molecule is N#Cc1ncc(Nc2cc3cccc(Br)c3cn2)nc1OC[C@H]1CNCCO1. The summed E-state index contributed by atoms with van der Waals surface area (Å²) in [6.45, 7) is 2.45. The van der Waals surface area contributed by atoms with Gasteiger partial charge in [0.25, 0.3) is 5.88 Å². The number of nitrogens with zero attached hydrogens (tertiary/aromatic N) is 4. The molecule has 1 aromatic carbocycles. The first-order valence-electron chi connectivity index (χ1n) is 8.76. The minimum Gasteiger partial charge on any atom is -0.473 e. The highest BCUT2D eigenvalue weighted by Crippen LogP contribution is 2.26. The van der Waals surface area contributed by atoms with E-state index in [2.05, 4.69) is 41.5 Å². The molecule has 28 heavy (non-hydrogen) atoms. The summed E-state index contributed by atoms with van der Waals surface area (Å²) in [5, 5.41) is 17.7. The smallest absolute Gasteiger partial charge is 0.253 e. The number of benzene rings is 1. The third-order valence-electron chi connectivity index (χ3n) is 4.22. The second-order valence-corrected chi connectivity index (χ2v) is 7.04. The van der Waals surface area contributed by atoms with E-state index in [0.29, 0.717) is 31.4 Å². The Hall–Kier alpha value is -2.80. The van der Waals surface area contributed by atoms with Gasteiger partial charge in [-0.05, 0) is 17.5 Å². The molecule has 2 N–H and O–H groups in total. The summed E-state index contributed by atoms with van der Waals surface area (Å²) < 4.78 is 12.3. The van der Waals surface area contributed by atoms with Crippen LogP contribution in [0.2, 0.25) is 0 Å². The lowest BCUT2D eigenvalue weighted by atomic mass is 10.2. The minimum atomic E-state index is -0.0840. The molecule has 0 radical (unpaired) electrons. The van der Waals surface area contributed by atoms with Gasteiger partial charge in [0, 0.05) is 29.1 Å². The zero-order valence-corrected chi connectivity index (χ0v) is 16.4. The van der Waals surface area contributed by atoms with Gasteiger partial charge in [-0.3, -0.25) is 0 Å². The topological polar surface area (TPSA) is 105 Å². The highest BCUT2D eigenvalue weighted by Gasteiger charge is 2.16. The van der Waals surface area contributed by atoms with Gasteiger partial charge in [0.1, 0.15) is 24.6 Å². The largest absolute Gasteiger partial charge is 0.473 e. The maximum atomic E-state index is 9.27. The fourth-order valence-corrected chi connectivity index (χ4v) is 3.33. The number of nitriles is 1. The Morgan fingerprint density at radius 1 is 1.32 bits per heavy atom. The number of halogens is 1. The predicted octanol–water partition coefficient (Wildman–Crippen LogP) is 2.77. The fourth-order valence-electron chi connectivity index (χ4n) is 2.84. The molecule has 1 atom stereocenters. The van der Waals surface area contributed by atoms with E-state index >= 15 is 0 Å². The number of rotatable bonds is 5. The maximum Gasteiger partial charge on any atom is 0.253 e. The van der Waals surface area contributed by atoms with E-state index in [1.807, 2.05) is 30.3 Å². The zero-order valence-electron chi connectivity index (χ0n) is 14.9. The average molecular weight is 441 g/mol. The van der Waals surface area contributed by atoms with Crippen molar-refractivity contribution in [3.63, 3.8) is 0 Å². The van der Waals surface area contributed by atoms with E-state index in [-0.39, 0.29) is 17.7 Å². The first kappa shape index (κ1) is 18.6. The highest BCUT2D eigenvalue weighted by molar-refractivity contribution is 9.10. The normalized spacial score (nSPS) is 16.5. The average Bonchev–Trinajstić information content (AvgIpc) is 2.73. The van der Waals surface area contributed by atoms with Gasteiger partial charge in [-0.15, -0.1) is 0 Å². The molecule has 2 aromatic heterocycles. The van der Waals surface area contributed by atoms with Crippen molar-refractivity contribution < 1.29 is 9.47 Å². The summed E-state index contributed by atoms with van der Waals surface area (Å²) in [5.74, 6) is 1.24. The second-order valence-electron chi connectivity index (χ2n) is 6.18. The van der Waals surface area contributed by atoms with Crippen LogP contribution in [0, 0.1) is 11.3 Å². The molecule has 0 amide bonds. The number of ether oxygens (including phenoxy) is 2. The van der Waals surface area contributed by atoms with Crippen molar-refractivity contribution in [2.24, 2.45) is 0 Å². The number of fused-ring (bicyclic) bond motifs is 1. The molecule has 1 aliphatic heterocycles. The summed E-state index contributed by atoms with van der Waals surface area (Å²) in [4.78, 5) is 12.9. The van der Waals surface area contributed by atoms with Crippen LogP contribution in [0.15, 0.2) is 41.1 Å². The van der Waals surface area contributed by atoms with Gasteiger partial charge in [0.15, 0.2) is 5.82 Å². The monoisotopic (exact) mass is 440 g/mol. The van der Waals surface area contributed by atoms with Crippen LogP contribution in [0.25, 0.3) is 10.8 Å². The number of hydrogen-bond donors (Lipinski definition) is 2. The Kier molecular flexibility index (Phi) is 5.62. The van der Waals surface area contributed by atoms with Gasteiger partial charge in [-0.2, -0.15) is 10.2 Å². The van der Waals surface area contributed by atoms with Crippen molar-refractivity contribution in [1.82, 2.24) is 20.3 Å². The van der Waals surface area contributed by atoms with Crippen LogP contribution < -0.4 is 15.4 Å². The van der Waals surface area contributed by atoms with Gasteiger partial charge in [0.05, 0.1) is 12.8 Å². The van der Waals surface area contributed by atoms with Crippen LogP contribution in [0.1, 0.15) is 5.69 Å². The highest BCUT2D eigenvalue weighted by atomic mass is 79.9. The maximum absolute atomic E-state index is 9.27. The summed E-state index contributed by atoms with van der Waals surface area (Å²) in [6.07, 6.45) is 3.18. The van der Waals surface area contributed by atoms with E-state index in [0.717, 1.165) is 21.8 Å². The molecule has 0 saturated carbocycles. The molecule has 3 heterocycles. The lowest BCUT2D eigenvalue weighted by molar-refractivity contribution is -0.000858. The Labute approximate surface area is 170 Å². The molecule has 0 aliphatic carbocycles. The van der Waals surface area contributed by atoms with Gasteiger partial charge in [-0.25, -0.2) is 9.97 Å². The molecule has 8 nitrogen and oxygen atoms in total. The van der Waals surface area contributed by atoms with Crippen LogP contribution in [-0.2, 0) is 4.74 Å². The van der Waals surface area contributed by atoms with Gasteiger partial charge in [0.2, 0.25) is 5.69 Å². The molecule has 142 valence electrons. The number of nitrogens with one attached hydrogen (secondary N) is 2. The van der Waals surface area contributed by atoms with Crippen LogP contribution in [-0.4, -0.2) is 47.4 Å². The molecule has 0 bridgehead atoms. The predicted molar refractivity (Wildman–Crippen MR) is 108 cm³/mol. The van der Waals surface area contributed by atoms with Crippen molar-refractivity contribution in [2.75, 3.05) is 31.6 Å². The van der Waals surface area contributed by atoms with Crippen LogP contribution in [0.5, 0.6) is 5.88 Å². The van der Waals surface area contributed by atoms with Crippen molar-refractivity contribution >= 4 is 38.3 Å². The molecule has 1 saturated heterocycles. The number of anilines is 2. The first-order valence-corrected chi connectivity index (χ1v) is 9.56. The van der Waals surface area contributed by atoms with Crippen LogP contribution in [0.4, 0.5) is 11.6 Å². The zero-order chi connectivity index (χ0) is 19.3. The lowest BCUT2D eigenvalue weighted by Crippen LogP contribution is -2.41. The second kappa shape index (κ2) is 8.48. The van der Waals surface area contributed by atoms with E-state index < -0.39 is 0 Å². The standard InChI is InChI=1S/C19H17BrN6O2/c20-15-3-1-2-12-6-17(24-9-14(12)15)25-18-10-23-16(7-21)19(26-18)28-11-13-8-22-4-5-27-13/h1-3,6,9-10,13,22H,4-5,8,11H2,(H,24,25,26)/t13-/m1/s1. The Morgan fingerprint density at radius 2 is 2.25 bits per heavy atom. The van der Waals surface area contributed by atoms with Gasteiger partial charge in [-0.1, -0.05) is 28.1 Å². The van der Waals surface area contributed by atoms with Crippen LogP contribution >= 0.6 is 15.9 Å². The van der Waals surface area contributed by atoms with E-state index in [1.165, 1.54) is 6.20 Å². The molecule has 9 heteroatoms. The minimum absolute atomic E-state index is 0.0840. The molecule has 0 spiro atoms. The van der Waals surface area contributed by atoms with E-state index in [1.54, 1.807) is 6.20 Å². The van der Waals surface area contributed by atoms with Crippen molar-refractivity contribution in [1.29, 1.82) is 5.26 Å². The number of pyridine rings is 1. The molecular formula is C19H17BrN6O2. The summed E-state index contributed by atoms with van der Waals surface area (Å²) in [7, 11) is 0. The van der Waals surface area contributed by atoms with Crippen molar-refractivity contribution in [2.45, 2.75) is 6.10 Å². The van der Waals surface area contributed by atoms with Crippen LogP contribution in [0.3, 0.4) is 0 Å². The number of morpholine rings is 1. The number of aromatic nitrogens is 3. The lowest BCUT2D eigenvalue weighted by Gasteiger charge is -2.23. The molecule has 0 unspecified atom stereocenters. The van der Waals surface area contributed by atoms with Gasteiger partial charge >= 0.3 is 0 Å². The first-order chi connectivity index (χ1) is 13.7.